The molecule has 0 saturated carbocycles. The zero-order chi connectivity index (χ0) is 18.7. The van der Waals surface area contributed by atoms with Gasteiger partial charge in [-0.2, -0.15) is 0 Å². The minimum absolute atomic E-state index is 0.0341. The van der Waals surface area contributed by atoms with Crippen molar-refractivity contribution in [2.75, 3.05) is 17.1 Å². The molecule has 1 aliphatic heterocycles. The number of rotatable bonds is 6. The SMILES string of the molecule is O=C(O)Cc1cccc2c1CCN(CS(=O)(=O)Nc1ccc(F)cc1)C2. The first-order valence-electron chi connectivity index (χ1n) is 8.12. The van der Waals surface area contributed by atoms with Crippen molar-refractivity contribution < 1.29 is 22.7 Å². The Morgan fingerprint density at radius 1 is 1.19 bits per heavy atom. The molecule has 2 aromatic carbocycles. The molecule has 8 heteroatoms. The zero-order valence-electron chi connectivity index (χ0n) is 14.0. The highest BCUT2D eigenvalue weighted by atomic mass is 32.2. The lowest BCUT2D eigenvalue weighted by atomic mass is 9.93. The van der Waals surface area contributed by atoms with Crippen LogP contribution in [-0.4, -0.2) is 36.8 Å². The number of carboxylic acid groups (broad SMARTS) is 1. The van der Waals surface area contributed by atoms with Gasteiger partial charge in [-0.25, -0.2) is 12.8 Å². The predicted molar refractivity (Wildman–Crippen MR) is 95.7 cm³/mol. The monoisotopic (exact) mass is 378 g/mol. The molecule has 3 rings (SSSR count). The molecule has 0 bridgehead atoms. The van der Waals surface area contributed by atoms with Gasteiger partial charge in [-0.15, -0.1) is 0 Å². The van der Waals surface area contributed by atoms with Crippen LogP contribution in [0.1, 0.15) is 16.7 Å². The number of fused-ring (bicyclic) bond motifs is 1. The number of anilines is 1. The van der Waals surface area contributed by atoms with E-state index >= 15 is 0 Å². The lowest BCUT2D eigenvalue weighted by molar-refractivity contribution is -0.136. The van der Waals surface area contributed by atoms with Crippen LogP contribution < -0.4 is 4.72 Å². The van der Waals surface area contributed by atoms with Crippen LogP contribution in [0.2, 0.25) is 0 Å². The van der Waals surface area contributed by atoms with E-state index in [0.29, 0.717) is 25.2 Å². The second-order valence-electron chi connectivity index (χ2n) is 6.28. The van der Waals surface area contributed by atoms with Crippen LogP contribution in [-0.2, 0) is 34.2 Å². The van der Waals surface area contributed by atoms with Crippen molar-refractivity contribution in [3.63, 3.8) is 0 Å². The Morgan fingerprint density at radius 2 is 1.92 bits per heavy atom. The van der Waals surface area contributed by atoms with E-state index in [-0.39, 0.29) is 12.3 Å². The third kappa shape index (κ3) is 4.59. The Morgan fingerprint density at radius 3 is 2.62 bits per heavy atom. The Bertz CT molecular complexity index is 913. The fourth-order valence-electron chi connectivity index (χ4n) is 3.16. The first-order valence-corrected chi connectivity index (χ1v) is 9.77. The third-order valence-corrected chi connectivity index (χ3v) is 5.51. The summed E-state index contributed by atoms with van der Waals surface area (Å²) in [6.07, 6.45) is 0.568. The van der Waals surface area contributed by atoms with Gasteiger partial charge in [0.1, 0.15) is 11.7 Å². The number of carbonyl (C=O) groups is 1. The maximum atomic E-state index is 12.9. The van der Waals surface area contributed by atoms with Crippen molar-refractivity contribution in [2.45, 2.75) is 19.4 Å². The number of halogens is 1. The van der Waals surface area contributed by atoms with Gasteiger partial charge in [-0.1, -0.05) is 18.2 Å². The summed E-state index contributed by atoms with van der Waals surface area (Å²) in [7, 11) is -3.62. The highest BCUT2D eigenvalue weighted by Gasteiger charge is 2.23. The first-order chi connectivity index (χ1) is 12.3. The van der Waals surface area contributed by atoms with Crippen molar-refractivity contribution in [1.29, 1.82) is 0 Å². The van der Waals surface area contributed by atoms with Crippen LogP contribution in [0.15, 0.2) is 42.5 Å². The molecule has 2 N–H and O–H groups in total. The van der Waals surface area contributed by atoms with Gasteiger partial charge in [0.05, 0.1) is 6.42 Å². The average molecular weight is 378 g/mol. The number of benzene rings is 2. The highest BCUT2D eigenvalue weighted by Crippen LogP contribution is 2.24. The Balaban J connectivity index is 1.69. The summed E-state index contributed by atoms with van der Waals surface area (Å²) >= 11 is 0. The molecule has 0 aliphatic carbocycles. The number of hydrogen-bond donors (Lipinski definition) is 2. The molecule has 1 aliphatic rings. The first kappa shape index (κ1) is 18.3. The molecule has 138 valence electrons. The normalized spacial score (nSPS) is 14.7. The predicted octanol–water partition coefficient (Wildman–Crippen LogP) is 2.21. The Kier molecular flexibility index (Phi) is 5.24. The van der Waals surface area contributed by atoms with Gasteiger partial charge in [0, 0.05) is 18.8 Å². The molecule has 6 nitrogen and oxygen atoms in total. The molecule has 0 radical (unpaired) electrons. The maximum Gasteiger partial charge on any atom is 0.307 e. The fraction of sp³-hybridized carbons (Fsp3) is 0.278. The van der Waals surface area contributed by atoms with Crippen LogP contribution >= 0.6 is 0 Å². The molecule has 1 heterocycles. The minimum atomic E-state index is -3.62. The molecule has 0 amide bonds. The zero-order valence-corrected chi connectivity index (χ0v) is 14.8. The van der Waals surface area contributed by atoms with Crippen molar-refractivity contribution >= 4 is 21.7 Å². The number of nitrogens with zero attached hydrogens (tertiary/aromatic N) is 1. The van der Waals surface area contributed by atoms with E-state index < -0.39 is 21.8 Å². The largest absolute Gasteiger partial charge is 0.481 e. The summed E-state index contributed by atoms with van der Waals surface area (Å²) in [5, 5.41) is 9.01. The van der Waals surface area contributed by atoms with Gasteiger partial charge < -0.3 is 5.11 Å². The van der Waals surface area contributed by atoms with Crippen LogP contribution in [0.25, 0.3) is 0 Å². The number of hydrogen-bond acceptors (Lipinski definition) is 4. The summed E-state index contributed by atoms with van der Waals surface area (Å²) in [4.78, 5) is 12.8. The topological polar surface area (TPSA) is 86.7 Å². The molecular weight excluding hydrogens is 359 g/mol. The number of aliphatic carboxylic acids is 1. The van der Waals surface area contributed by atoms with Crippen molar-refractivity contribution in [1.82, 2.24) is 4.90 Å². The third-order valence-electron chi connectivity index (χ3n) is 4.25. The van der Waals surface area contributed by atoms with Crippen LogP contribution in [0.3, 0.4) is 0 Å². The molecule has 0 saturated heterocycles. The van der Waals surface area contributed by atoms with Gasteiger partial charge in [-0.05, 0) is 47.4 Å². The van der Waals surface area contributed by atoms with E-state index in [1.54, 1.807) is 17.0 Å². The lowest BCUT2D eigenvalue weighted by Crippen LogP contribution is -2.37. The van der Waals surface area contributed by atoms with E-state index in [1.807, 2.05) is 6.07 Å². The van der Waals surface area contributed by atoms with E-state index in [0.717, 1.165) is 16.7 Å². The Hall–Kier alpha value is -2.45. The summed E-state index contributed by atoms with van der Waals surface area (Å²) in [5.41, 5.74) is 3.04. The van der Waals surface area contributed by atoms with Crippen LogP contribution in [0, 0.1) is 5.82 Å². The highest BCUT2D eigenvalue weighted by molar-refractivity contribution is 7.92. The van der Waals surface area contributed by atoms with E-state index in [1.165, 1.54) is 24.3 Å². The van der Waals surface area contributed by atoms with Gasteiger partial charge >= 0.3 is 5.97 Å². The molecule has 0 spiro atoms. The van der Waals surface area contributed by atoms with E-state index in [9.17, 15) is 17.6 Å². The molecule has 2 aromatic rings. The molecule has 0 fully saturated rings. The molecule has 26 heavy (non-hydrogen) atoms. The maximum absolute atomic E-state index is 12.9. The van der Waals surface area contributed by atoms with E-state index in [2.05, 4.69) is 4.72 Å². The number of nitrogens with one attached hydrogen (secondary N) is 1. The fourth-order valence-corrected chi connectivity index (χ4v) is 4.42. The van der Waals surface area contributed by atoms with Gasteiger partial charge in [-0.3, -0.25) is 14.4 Å². The van der Waals surface area contributed by atoms with Crippen molar-refractivity contribution in [3.8, 4) is 0 Å². The minimum Gasteiger partial charge on any atom is -0.481 e. The molecule has 0 unspecified atom stereocenters. The molecule has 0 atom stereocenters. The lowest BCUT2D eigenvalue weighted by Gasteiger charge is -2.29. The smallest absolute Gasteiger partial charge is 0.307 e. The number of sulfonamides is 1. The number of carboxylic acids is 1. The average Bonchev–Trinajstić information content (AvgIpc) is 2.56. The molecular formula is C18H19FN2O4S. The van der Waals surface area contributed by atoms with Crippen LogP contribution in [0.4, 0.5) is 10.1 Å². The quantitative estimate of drug-likeness (QED) is 0.805. The second kappa shape index (κ2) is 7.43. The summed E-state index contributed by atoms with van der Waals surface area (Å²) in [5.74, 6) is -1.50. The van der Waals surface area contributed by atoms with Crippen LogP contribution in [0.5, 0.6) is 0 Å². The van der Waals surface area contributed by atoms with Crippen molar-refractivity contribution in [2.24, 2.45) is 0 Å². The van der Waals surface area contributed by atoms with Gasteiger partial charge in [0.2, 0.25) is 10.0 Å². The second-order valence-corrected chi connectivity index (χ2v) is 7.97. The van der Waals surface area contributed by atoms with Crippen molar-refractivity contribution in [3.05, 3.63) is 65.0 Å². The van der Waals surface area contributed by atoms with Gasteiger partial charge in [0.25, 0.3) is 0 Å². The van der Waals surface area contributed by atoms with Gasteiger partial charge in [0.15, 0.2) is 0 Å². The summed E-state index contributed by atoms with van der Waals surface area (Å²) in [6.45, 7) is 0.959. The summed E-state index contributed by atoms with van der Waals surface area (Å²) in [6, 6.07) is 10.6. The molecule has 0 aromatic heterocycles. The Labute approximate surface area is 151 Å². The standard InChI is InChI=1S/C18H19FN2O4S/c19-15-4-6-16(7-5-15)20-26(24,25)12-21-9-8-17-13(10-18(22)23)2-1-3-14(17)11-21/h1-7,20H,8-12H2,(H,22,23). The van der Waals surface area contributed by atoms with E-state index in [4.69, 9.17) is 5.11 Å². The summed E-state index contributed by atoms with van der Waals surface area (Å²) < 4.78 is 40.1.